The molecule has 5 rings (SSSR count). The maximum absolute atomic E-state index is 14.9. The number of aryl methyl sites for hydroxylation is 1. The van der Waals surface area contributed by atoms with Gasteiger partial charge in [-0.15, -0.1) is 0 Å². The third-order valence-corrected chi connectivity index (χ3v) is 6.71. The molecule has 0 unspecified atom stereocenters. The van der Waals surface area contributed by atoms with Crippen LogP contribution in [0.2, 0.25) is 0 Å². The summed E-state index contributed by atoms with van der Waals surface area (Å²) in [5.41, 5.74) is 3.18. The molecule has 0 spiro atoms. The van der Waals surface area contributed by atoms with Crippen molar-refractivity contribution in [1.82, 2.24) is 14.8 Å². The first-order valence-electron chi connectivity index (χ1n) is 11.7. The summed E-state index contributed by atoms with van der Waals surface area (Å²) in [4.78, 5) is 20.9. The topological polar surface area (TPSA) is 51.0 Å². The Morgan fingerprint density at radius 1 is 1.12 bits per heavy atom. The summed E-state index contributed by atoms with van der Waals surface area (Å²) in [6.45, 7) is 8.21. The van der Waals surface area contributed by atoms with Crippen LogP contribution in [0.15, 0.2) is 30.3 Å². The van der Waals surface area contributed by atoms with E-state index in [1.807, 2.05) is 17.7 Å². The number of hydrogen-bond acceptors (Lipinski definition) is 3. The van der Waals surface area contributed by atoms with Gasteiger partial charge in [0.15, 0.2) is 5.65 Å². The van der Waals surface area contributed by atoms with Crippen molar-refractivity contribution in [2.24, 2.45) is 0 Å². The average Bonchev–Trinajstić information content (AvgIpc) is 3.35. The lowest BCUT2D eigenvalue weighted by molar-refractivity contribution is 0.0977. The van der Waals surface area contributed by atoms with Crippen molar-refractivity contribution in [3.63, 3.8) is 0 Å². The molecule has 6 heteroatoms. The number of rotatable bonds is 4. The lowest BCUT2D eigenvalue weighted by Crippen LogP contribution is -2.39. The molecule has 2 aliphatic rings. The van der Waals surface area contributed by atoms with Crippen LogP contribution >= 0.6 is 0 Å². The monoisotopic (exact) mass is 434 g/mol. The zero-order chi connectivity index (χ0) is 22.6. The van der Waals surface area contributed by atoms with Gasteiger partial charge in [-0.3, -0.25) is 4.79 Å². The number of nitrogens with zero attached hydrogens (tertiary/aromatic N) is 4. The van der Waals surface area contributed by atoms with Crippen LogP contribution < -0.4 is 4.90 Å². The van der Waals surface area contributed by atoms with E-state index in [0.29, 0.717) is 17.2 Å². The molecule has 2 heterocycles. The van der Waals surface area contributed by atoms with Gasteiger partial charge >= 0.3 is 0 Å². The van der Waals surface area contributed by atoms with Crippen molar-refractivity contribution in [2.45, 2.75) is 83.7 Å². The van der Waals surface area contributed by atoms with Crippen molar-refractivity contribution in [3.8, 4) is 0 Å². The van der Waals surface area contributed by atoms with Gasteiger partial charge in [0.05, 0.1) is 27.9 Å². The number of carbonyl (C=O) groups excluding carboxylic acids is 1. The van der Waals surface area contributed by atoms with Gasteiger partial charge in [-0.05, 0) is 71.6 Å². The molecule has 32 heavy (non-hydrogen) atoms. The molecule has 2 fully saturated rings. The third kappa shape index (κ3) is 3.59. The minimum atomic E-state index is -0.359. The lowest BCUT2D eigenvalue weighted by atomic mass is 10.0. The van der Waals surface area contributed by atoms with Crippen LogP contribution in [0.4, 0.5) is 10.1 Å². The zero-order valence-corrected chi connectivity index (χ0v) is 19.4. The Bertz CT molecular complexity index is 1180. The number of carbonyl (C=O) groups is 1. The van der Waals surface area contributed by atoms with E-state index in [1.165, 1.54) is 6.07 Å². The molecule has 5 nitrogen and oxygen atoms in total. The van der Waals surface area contributed by atoms with E-state index in [2.05, 4.69) is 20.8 Å². The molecule has 3 aromatic rings. The van der Waals surface area contributed by atoms with Crippen molar-refractivity contribution in [1.29, 1.82) is 0 Å². The number of benzene rings is 1. The number of fused-ring (bicyclic) bond motifs is 1. The Hall–Kier alpha value is -2.76. The molecule has 0 saturated heterocycles. The van der Waals surface area contributed by atoms with Crippen LogP contribution in [-0.2, 0) is 5.54 Å². The van der Waals surface area contributed by atoms with E-state index in [1.54, 1.807) is 23.1 Å². The predicted octanol–water partition coefficient (Wildman–Crippen LogP) is 6.10. The van der Waals surface area contributed by atoms with Gasteiger partial charge in [0.2, 0.25) is 0 Å². The molecule has 2 aromatic heterocycles. The highest BCUT2D eigenvalue weighted by Gasteiger charge is 2.35. The second-order valence-electron chi connectivity index (χ2n) is 10.3. The van der Waals surface area contributed by atoms with E-state index < -0.39 is 0 Å². The van der Waals surface area contributed by atoms with E-state index >= 15 is 0 Å². The van der Waals surface area contributed by atoms with Gasteiger partial charge in [-0.1, -0.05) is 25.0 Å². The highest BCUT2D eigenvalue weighted by molar-refractivity contribution is 6.14. The number of para-hydroxylation sites is 1. The summed E-state index contributed by atoms with van der Waals surface area (Å²) < 4.78 is 16.9. The fourth-order valence-corrected chi connectivity index (χ4v) is 4.94. The summed E-state index contributed by atoms with van der Waals surface area (Å²) in [6.07, 6.45) is 6.09. The lowest BCUT2D eigenvalue weighted by Gasteiger charge is -2.30. The molecule has 2 saturated carbocycles. The third-order valence-electron chi connectivity index (χ3n) is 6.71. The molecule has 2 aliphatic carbocycles. The van der Waals surface area contributed by atoms with Crippen LogP contribution in [0.1, 0.15) is 87.0 Å². The van der Waals surface area contributed by atoms with Gasteiger partial charge < -0.3 is 4.90 Å². The Labute approximate surface area is 188 Å². The Morgan fingerprint density at radius 3 is 2.44 bits per heavy atom. The first-order valence-corrected chi connectivity index (χ1v) is 11.7. The number of anilines is 1. The van der Waals surface area contributed by atoms with Crippen molar-refractivity contribution >= 4 is 22.6 Å². The van der Waals surface area contributed by atoms with Crippen molar-refractivity contribution in [2.75, 3.05) is 4.90 Å². The summed E-state index contributed by atoms with van der Waals surface area (Å²) in [7, 11) is 0. The quantitative estimate of drug-likeness (QED) is 0.498. The van der Waals surface area contributed by atoms with E-state index in [-0.39, 0.29) is 23.3 Å². The van der Waals surface area contributed by atoms with Crippen LogP contribution in [0.3, 0.4) is 0 Å². The van der Waals surface area contributed by atoms with Crippen LogP contribution in [0.25, 0.3) is 11.0 Å². The molecular weight excluding hydrogens is 403 g/mol. The molecule has 0 radical (unpaired) electrons. The molecule has 0 bridgehead atoms. The van der Waals surface area contributed by atoms with Gasteiger partial charge in [0.25, 0.3) is 5.91 Å². The molecule has 0 aliphatic heterocycles. The van der Waals surface area contributed by atoms with Gasteiger partial charge in [-0.25, -0.2) is 14.1 Å². The largest absolute Gasteiger partial charge is 0.302 e. The van der Waals surface area contributed by atoms with Crippen molar-refractivity contribution in [3.05, 3.63) is 53.1 Å². The highest BCUT2D eigenvalue weighted by atomic mass is 19.1. The molecule has 0 N–H and O–H groups in total. The summed E-state index contributed by atoms with van der Waals surface area (Å²) in [6, 6.07) is 8.58. The summed E-state index contributed by atoms with van der Waals surface area (Å²) in [5.74, 6) is -0.113. The first kappa shape index (κ1) is 21.1. The number of amides is 1. The van der Waals surface area contributed by atoms with E-state index in [0.717, 1.165) is 60.9 Å². The fraction of sp³-hybridized carbons (Fsp3) is 0.500. The number of aromatic nitrogens is 3. The SMILES string of the molecule is Cc1nn(C(C)(C)C)c2nc(C3CC3)cc(C(=O)N(c3ccccc3F)C3CCCC3)c12. The van der Waals surface area contributed by atoms with Gasteiger partial charge in [-0.2, -0.15) is 5.10 Å². The van der Waals surface area contributed by atoms with Crippen LogP contribution in [-0.4, -0.2) is 26.7 Å². The second kappa shape index (κ2) is 7.68. The summed E-state index contributed by atoms with van der Waals surface area (Å²) in [5, 5.41) is 5.57. The number of pyridine rings is 1. The normalized spacial score (nSPS) is 17.3. The zero-order valence-electron chi connectivity index (χ0n) is 19.4. The minimum Gasteiger partial charge on any atom is -0.302 e. The smallest absolute Gasteiger partial charge is 0.259 e. The molecule has 0 atom stereocenters. The maximum atomic E-state index is 14.9. The highest BCUT2D eigenvalue weighted by Crippen LogP contribution is 2.42. The van der Waals surface area contributed by atoms with Crippen LogP contribution in [0, 0.1) is 12.7 Å². The molecular formula is C26H31FN4O. The molecule has 1 amide bonds. The Morgan fingerprint density at radius 2 is 1.81 bits per heavy atom. The van der Waals surface area contributed by atoms with Gasteiger partial charge in [0.1, 0.15) is 5.82 Å². The van der Waals surface area contributed by atoms with Gasteiger partial charge in [0, 0.05) is 17.7 Å². The molecule has 1 aromatic carbocycles. The maximum Gasteiger partial charge on any atom is 0.259 e. The second-order valence-corrected chi connectivity index (χ2v) is 10.3. The molecule has 168 valence electrons. The van der Waals surface area contributed by atoms with Crippen LogP contribution in [0.5, 0.6) is 0 Å². The van der Waals surface area contributed by atoms with E-state index in [9.17, 15) is 9.18 Å². The minimum absolute atomic E-state index is 0.00459. The fourth-order valence-electron chi connectivity index (χ4n) is 4.94. The first-order chi connectivity index (χ1) is 15.3. The number of hydrogen-bond donors (Lipinski definition) is 0. The Kier molecular flexibility index (Phi) is 5.06. The Balaban J connectivity index is 1.72. The van der Waals surface area contributed by atoms with Crippen molar-refractivity contribution < 1.29 is 9.18 Å². The standard InChI is InChI=1S/C26H31FN4O/c1-16-23-19(15-21(17-13-14-17)28-24(23)31(29-16)26(2,3)4)25(32)30(18-9-5-6-10-18)22-12-8-7-11-20(22)27/h7-8,11-12,15,17-18H,5-6,9-10,13-14H2,1-4H3. The number of halogens is 1. The predicted molar refractivity (Wildman–Crippen MR) is 125 cm³/mol. The van der Waals surface area contributed by atoms with E-state index in [4.69, 9.17) is 10.1 Å². The summed E-state index contributed by atoms with van der Waals surface area (Å²) >= 11 is 0. The average molecular weight is 435 g/mol.